The third-order valence-corrected chi connectivity index (χ3v) is 2.88. The molecule has 86 valence electrons. The predicted octanol–water partition coefficient (Wildman–Crippen LogP) is 2.24. The van der Waals surface area contributed by atoms with Gasteiger partial charge in [0, 0.05) is 13.1 Å². The number of fused-ring (bicyclic) bond motifs is 1. The summed E-state index contributed by atoms with van der Waals surface area (Å²) in [6, 6.07) is 4.50. The van der Waals surface area contributed by atoms with E-state index >= 15 is 0 Å². The van der Waals surface area contributed by atoms with Crippen LogP contribution in [-0.4, -0.2) is 19.0 Å². The van der Waals surface area contributed by atoms with E-state index < -0.39 is 0 Å². The lowest BCUT2D eigenvalue weighted by molar-refractivity contribution is -0.119. The Morgan fingerprint density at radius 3 is 3.00 bits per heavy atom. The Kier molecular flexibility index (Phi) is 2.81. The van der Waals surface area contributed by atoms with Gasteiger partial charge >= 0.3 is 0 Å². The Morgan fingerprint density at radius 2 is 2.31 bits per heavy atom. The highest BCUT2D eigenvalue weighted by atomic mass is 19.1. The fourth-order valence-corrected chi connectivity index (χ4v) is 1.95. The number of benzene rings is 1. The minimum atomic E-state index is -0.329. The molecule has 2 rings (SSSR count). The lowest BCUT2D eigenvalue weighted by Gasteiger charge is -2.23. The first-order valence-electron chi connectivity index (χ1n) is 5.47. The maximum Gasteiger partial charge on any atom is 0.229 e. The van der Waals surface area contributed by atoms with Crippen LogP contribution in [0.4, 0.5) is 15.8 Å². The Hall–Kier alpha value is -1.58. The number of nitrogens with zero attached hydrogens (tertiary/aromatic N) is 1. The summed E-state index contributed by atoms with van der Waals surface area (Å²) in [4.78, 5) is 13.8. The number of nitrogens with one attached hydrogen (secondary N) is 1. The van der Waals surface area contributed by atoms with Gasteiger partial charge in [-0.3, -0.25) is 4.79 Å². The van der Waals surface area contributed by atoms with Crippen molar-refractivity contribution in [3.05, 3.63) is 24.0 Å². The molecule has 1 unspecified atom stereocenters. The molecule has 0 saturated carbocycles. The van der Waals surface area contributed by atoms with Crippen molar-refractivity contribution in [1.82, 2.24) is 0 Å². The molecular formula is C12H15FN2O. The predicted molar refractivity (Wildman–Crippen MR) is 62.1 cm³/mol. The normalized spacial score (nSPS) is 20.1. The highest BCUT2D eigenvalue weighted by Crippen LogP contribution is 2.30. The van der Waals surface area contributed by atoms with Gasteiger partial charge in [-0.25, -0.2) is 4.39 Å². The molecule has 0 radical (unpaired) electrons. The van der Waals surface area contributed by atoms with E-state index in [0.717, 1.165) is 12.2 Å². The van der Waals surface area contributed by atoms with E-state index in [1.165, 1.54) is 12.1 Å². The molecule has 1 aromatic carbocycles. The molecule has 1 amide bonds. The quantitative estimate of drug-likeness (QED) is 0.790. The third-order valence-electron chi connectivity index (χ3n) is 2.88. The van der Waals surface area contributed by atoms with E-state index in [4.69, 9.17) is 0 Å². The van der Waals surface area contributed by atoms with Crippen LogP contribution in [0.2, 0.25) is 0 Å². The lowest BCUT2D eigenvalue weighted by Crippen LogP contribution is -2.30. The zero-order valence-electron chi connectivity index (χ0n) is 9.46. The number of carbonyl (C=O) groups excluding carboxylic acids is 1. The van der Waals surface area contributed by atoms with Crippen LogP contribution in [0.5, 0.6) is 0 Å². The van der Waals surface area contributed by atoms with Gasteiger partial charge in [0.2, 0.25) is 5.91 Å². The largest absolute Gasteiger partial charge is 0.369 e. The van der Waals surface area contributed by atoms with Crippen LogP contribution in [0.3, 0.4) is 0 Å². The minimum absolute atomic E-state index is 0.0530. The van der Waals surface area contributed by atoms with Gasteiger partial charge in [-0.15, -0.1) is 0 Å². The average molecular weight is 222 g/mol. The third kappa shape index (κ3) is 1.87. The summed E-state index contributed by atoms with van der Waals surface area (Å²) in [7, 11) is 0. The number of hydrogen-bond donors (Lipinski definition) is 1. The molecule has 0 fully saturated rings. The second-order valence-corrected chi connectivity index (χ2v) is 4.09. The SMILES string of the molecule is CCN1CC(C)C(=O)Nc2cc(F)ccc21. The van der Waals surface area contributed by atoms with Crippen molar-refractivity contribution in [2.45, 2.75) is 13.8 Å². The van der Waals surface area contributed by atoms with Gasteiger partial charge in [-0.1, -0.05) is 6.92 Å². The van der Waals surface area contributed by atoms with Gasteiger partial charge in [-0.05, 0) is 25.1 Å². The van der Waals surface area contributed by atoms with Crippen molar-refractivity contribution in [2.24, 2.45) is 5.92 Å². The number of halogens is 1. The van der Waals surface area contributed by atoms with Gasteiger partial charge in [-0.2, -0.15) is 0 Å². The number of anilines is 2. The highest BCUT2D eigenvalue weighted by Gasteiger charge is 2.24. The van der Waals surface area contributed by atoms with Crippen LogP contribution in [0.25, 0.3) is 0 Å². The molecule has 0 saturated heterocycles. The molecule has 16 heavy (non-hydrogen) atoms. The summed E-state index contributed by atoms with van der Waals surface area (Å²) in [5.41, 5.74) is 1.46. The standard InChI is InChI=1S/C12H15FN2O/c1-3-15-7-8(2)12(16)14-10-6-9(13)4-5-11(10)15/h4-6,8H,3,7H2,1-2H3,(H,14,16). The smallest absolute Gasteiger partial charge is 0.229 e. The molecule has 4 heteroatoms. The average Bonchev–Trinajstić information content (AvgIpc) is 2.36. The topological polar surface area (TPSA) is 32.3 Å². The molecule has 1 aromatic rings. The van der Waals surface area contributed by atoms with Gasteiger partial charge in [0.25, 0.3) is 0 Å². The van der Waals surface area contributed by atoms with Crippen LogP contribution >= 0.6 is 0 Å². The van der Waals surface area contributed by atoms with Crippen molar-refractivity contribution in [3.8, 4) is 0 Å². The first kappa shape index (κ1) is 10.9. The Bertz CT molecular complexity index is 419. The van der Waals surface area contributed by atoms with Gasteiger partial charge in [0.05, 0.1) is 17.3 Å². The van der Waals surface area contributed by atoms with E-state index in [9.17, 15) is 9.18 Å². The molecule has 3 nitrogen and oxygen atoms in total. The fraction of sp³-hybridized carbons (Fsp3) is 0.417. The summed E-state index contributed by atoms with van der Waals surface area (Å²) in [6.07, 6.45) is 0. The van der Waals surface area contributed by atoms with Crippen LogP contribution < -0.4 is 10.2 Å². The Morgan fingerprint density at radius 1 is 1.56 bits per heavy atom. The monoisotopic (exact) mass is 222 g/mol. The second-order valence-electron chi connectivity index (χ2n) is 4.09. The zero-order chi connectivity index (χ0) is 11.7. The molecule has 1 aliphatic rings. The minimum Gasteiger partial charge on any atom is -0.369 e. The van der Waals surface area contributed by atoms with Crippen molar-refractivity contribution in [3.63, 3.8) is 0 Å². The summed E-state index contributed by atoms with van der Waals surface area (Å²) >= 11 is 0. The van der Waals surface area contributed by atoms with E-state index in [1.807, 2.05) is 13.8 Å². The summed E-state index contributed by atoms with van der Waals surface area (Å²) < 4.78 is 13.1. The highest BCUT2D eigenvalue weighted by molar-refractivity contribution is 5.97. The maximum atomic E-state index is 13.1. The van der Waals surface area contributed by atoms with Crippen molar-refractivity contribution >= 4 is 17.3 Å². The molecule has 1 heterocycles. The zero-order valence-corrected chi connectivity index (χ0v) is 9.46. The van der Waals surface area contributed by atoms with Gasteiger partial charge in [0.15, 0.2) is 0 Å². The summed E-state index contributed by atoms with van der Waals surface area (Å²) in [5, 5.41) is 2.76. The molecule has 0 aromatic heterocycles. The van der Waals surface area contributed by atoms with Crippen LogP contribution in [0.1, 0.15) is 13.8 Å². The lowest BCUT2D eigenvalue weighted by atomic mass is 10.1. The van der Waals surface area contributed by atoms with Crippen molar-refractivity contribution in [1.29, 1.82) is 0 Å². The van der Waals surface area contributed by atoms with E-state index in [2.05, 4.69) is 10.2 Å². The molecular weight excluding hydrogens is 207 g/mol. The first-order chi connectivity index (χ1) is 7.61. The number of hydrogen-bond acceptors (Lipinski definition) is 2. The van der Waals surface area contributed by atoms with E-state index in [0.29, 0.717) is 12.2 Å². The van der Waals surface area contributed by atoms with E-state index in [-0.39, 0.29) is 17.6 Å². The van der Waals surface area contributed by atoms with Crippen LogP contribution in [-0.2, 0) is 4.79 Å². The first-order valence-corrected chi connectivity index (χ1v) is 5.47. The molecule has 1 N–H and O–H groups in total. The van der Waals surface area contributed by atoms with Crippen LogP contribution in [0, 0.1) is 11.7 Å². The molecule has 0 bridgehead atoms. The maximum absolute atomic E-state index is 13.1. The fourth-order valence-electron chi connectivity index (χ4n) is 1.95. The number of rotatable bonds is 1. The Labute approximate surface area is 94.3 Å². The van der Waals surface area contributed by atoms with Crippen molar-refractivity contribution < 1.29 is 9.18 Å². The van der Waals surface area contributed by atoms with Crippen molar-refractivity contribution in [2.75, 3.05) is 23.3 Å². The Balaban J connectivity index is 2.46. The van der Waals surface area contributed by atoms with Gasteiger partial charge < -0.3 is 10.2 Å². The molecule has 0 spiro atoms. The molecule has 1 aliphatic heterocycles. The summed E-state index contributed by atoms with van der Waals surface area (Å²) in [5.74, 6) is -0.470. The molecule has 0 aliphatic carbocycles. The summed E-state index contributed by atoms with van der Waals surface area (Å²) in [6.45, 7) is 5.37. The molecule has 1 atom stereocenters. The number of amides is 1. The van der Waals surface area contributed by atoms with Gasteiger partial charge in [0.1, 0.15) is 5.82 Å². The number of carbonyl (C=O) groups is 1. The van der Waals surface area contributed by atoms with E-state index in [1.54, 1.807) is 6.07 Å². The second kappa shape index (κ2) is 4.12. The van der Waals surface area contributed by atoms with Crippen LogP contribution in [0.15, 0.2) is 18.2 Å².